The summed E-state index contributed by atoms with van der Waals surface area (Å²) in [5.41, 5.74) is 0. The predicted octanol–water partition coefficient (Wildman–Crippen LogP) is 12.6. The topological polar surface area (TPSA) is 17.1 Å². The Kier molecular flexibility index (Phi) is 31.4. The van der Waals surface area contributed by atoms with Crippen LogP contribution in [0.25, 0.3) is 0 Å². The van der Waals surface area contributed by atoms with Crippen LogP contribution in [0.2, 0.25) is 0 Å². The van der Waals surface area contributed by atoms with E-state index in [9.17, 15) is 4.79 Å². The number of rotatable bonds is 29. The molecule has 0 amide bonds. The number of hydrogen-bond donors (Lipinski definition) is 0. The maximum absolute atomic E-state index is 12.0. The number of carbonyl (C=O) groups is 1. The lowest BCUT2D eigenvalue weighted by molar-refractivity contribution is -0.114. The monoisotopic (exact) mass is 512 g/mol. The van der Waals surface area contributed by atoms with E-state index in [4.69, 9.17) is 0 Å². The fourth-order valence-corrected chi connectivity index (χ4v) is 4.56. The maximum atomic E-state index is 12.0. The van der Waals surface area contributed by atoms with Gasteiger partial charge in [-0.1, -0.05) is 133 Å². The Hall–Kier alpha value is -1.37. The Morgan fingerprint density at radius 3 is 1.30 bits per heavy atom. The Morgan fingerprint density at radius 2 is 0.757 bits per heavy atom. The smallest absolute Gasteiger partial charge is 0.155 e. The minimum Gasteiger partial charge on any atom is -0.295 e. The standard InChI is InChI=1S/C36H64O/c1-3-5-7-9-11-13-15-17-19-21-23-25-27-29-31-33-35-36(37)34-32-30-28-26-24-22-20-18-16-14-12-10-8-6-4-2/h11,13,17-20,32,34H,3-10,12,14-16,21-31,33,35H2,1-2H3/b13-11-,19-17-,20-18?,34-32?. The summed E-state index contributed by atoms with van der Waals surface area (Å²) in [5, 5.41) is 0. The van der Waals surface area contributed by atoms with Gasteiger partial charge in [-0.3, -0.25) is 4.79 Å². The highest BCUT2D eigenvalue weighted by molar-refractivity contribution is 5.89. The Labute approximate surface area is 233 Å². The van der Waals surface area contributed by atoms with Crippen LogP contribution in [0.3, 0.4) is 0 Å². The molecule has 0 saturated heterocycles. The average molecular weight is 513 g/mol. The number of carbonyl (C=O) groups excluding carboxylic acids is 1. The van der Waals surface area contributed by atoms with Gasteiger partial charge in [0.1, 0.15) is 0 Å². The second kappa shape index (κ2) is 32.7. The maximum Gasteiger partial charge on any atom is 0.155 e. The van der Waals surface area contributed by atoms with Crippen molar-refractivity contribution in [3.8, 4) is 0 Å². The van der Waals surface area contributed by atoms with Crippen molar-refractivity contribution in [2.45, 2.75) is 174 Å². The van der Waals surface area contributed by atoms with Gasteiger partial charge in [0.25, 0.3) is 0 Å². The molecule has 0 bridgehead atoms. The molecule has 0 radical (unpaired) electrons. The third-order valence-electron chi connectivity index (χ3n) is 7.06. The normalized spacial score (nSPS) is 12.3. The van der Waals surface area contributed by atoms with Gasteiger partial charge >= 0.3 is 0 Å². The molecule has 214 valence electrons. The molecule has 0 unspecified atom stereocenters. The van der Waals surface area contributed by atoms with Gasteiger partial charge in [-0.15, -0.1) is 0 Å². The molecular weight excluding hydrogens is 448 g/mol. The lowest BCUT2D eigenvalue weighted by Crippen LogP contribution is -1.92. The first-order valence-electron chi connectivity index (χ1n) is 16.5. The molecule has 0 N–H and O–H groups in total. The number of ketones is 1. The summed E-state index contributed by atoms with van der Waals surface area (Å²) < 4.78 is 0. The van der Waals surface area contributed by atoms with Gasteiger partial charge in [-0.25, -0.2) is 0 Å². The van der Waals surface area contributed by atoms with Crippen molar-refractivity contribution in [1.29, 1.82) is 0 Å². The van der Waals surface area contributed by atoms with Crippen LogP contribution in [0.1, 0.15) is 174 Å². The summed E-state index contributed by atoms with van der Waals surface area (Å²) in [6, 6.07) is 0. The lowest BCUT2D eigenvalue weighted by atomic mass is 10.1. The number of allylic oxidation sites excluding steroid dienone is 8. The summed E-state index contributed by atoms with van der Waals surface area (Å²) in [5.74, 6) is 0.321. The predicted molar refractivity (Wildman–Crippen MR) is 168 cm³/mol. The zero-order valence-electron chi connectivity index (χ0n) is 25.2. The summed E-state index contributed by atoms with van der Waals surface area (Å²) in [4.78, 5) is 12.0. The van der Waals surface area contributed by atoms with E-state index >= 15 is 0 Å². The van der Waals surface area contributed by atoms with E-state index in [-0.39, 0.29) is 0 Å². The van der Waals surface area contributed by atoms with Crippen molar-refractivity contribution in [2.75, 3.05) is 0 Å². The Morgan fingerprint density at radius 1 is 0.405 bits per heavy atom. The zero-order chi connectivity index (χ0) is 26.9. The second-order valence-electron chi connectivity index (χ2n) is 10.9. The lowest BCUT2D eigenvalue weighted by Gasteiger charge is -2.00. The molecule has 37 heavy (non-hydrogen) atoms. The number of hydrogen-bond acceptors (Lipinski definition) is 1. The van der Waals surface area contributed by atoms with Gasteiger partial charge in [0.05, 0.1) is 0 Å². The first-order chi connectivity index (χ1) is 18.3. The molecule has 0 saturated carbocycles. The second-order valence-corrected chi connectivity index (χ2v) is 10.9. The molecule has 0 aliphatic carbocycles. The van der Waals surface area contributed by atoms with Gasteiger partial charge in [-0.05, 0) is 83.1 Å². The van der Waals surface area contributed by atoms with Crippen LogP contribution >= 0.6 is 0 Å². The minimum absolute atomic E-state index is 0.321. The van der Waals surface area contributed by atoms with Crippen molar-refractivity contribution in [1.82, 2.24) is 0 Å². The highest BCUT2D eigenvalue weighted by atomic mass is 16.1. The summed E-state index contributed by atoms with van der Waals surface area (Å²) >= 11 is 0. The summed E-state index contributed by atoms with van der Waals surface area (Å²) in [7, 11) is 0. The van der Waals surface area contributed by atoms with E-state index in [0.717, 1.165) is 25.7 Å². The molecule has 0 aromatic carbocycles. The first-order valence-corrected chi connectivity index (χ1v) is 16.5. The Bertz CT molecular complexity index is 565. The molecule has 1 heteroatoms. The highest BCUT2D eigenvalue weighted by Crippen LogP contribution is 2.11. The third-order valence-corrected chi connectivity index (χ3v) is 7.06. The SMILES string of the molecule is CCCCC/C=C\C/C=C\CCCCCCCCC(=O)C=CCCCCCC=CCCCCCCCC. The molecule has 0 spiro atoms. The largest absolute Gasteiger partial charge is 0.295 e. The van der Waals surface area contributed by atoms with Crippen LogP contribution in [0, 0.1) is 0 Å². The molecule has 0 aromatic heterocycles. The van der Waals surface area contributed by atoms with Crippen LogP contribution in [-0.4, -0.2) is 5.78 Å². The van der Waals surface area contributed by atoms with Crippen LogP contribution in [0.4, 0.5) is 0 Å². The minimum atomic E-state index is 0.321. The average Bonchev–Trinajstić information content (AvgIpc) is 2.90. The zero-order valence-corrected chi connectivity index (χ0v) is 25.2. The first kappa shape index (κ1) is 35.6. The van der Waals surface area contributed by atoms with Crippen molar-refractivity contribution in [2.24, 2.45) is 0 Å². The van der Waals surface area contributed by atoms with Gasteiger partial charge in [0, 0.05) is 6.42 Å². The Balaban J connectivity index is 3.35. The molecule has 0 heterocycles. The molecule has 0 aliphatic heterocycles. The fraction of sp³-hybridized carbons (Fsp3) is 0.750. The quantitative estimate of drug-likeness (QED) is 0.0553. The van der Waals surface area contributed by atoms with Gasteiger partial charge < -0.3 is 0 Å². The van der Waals surface area contributed by atoms with Gasteiger partial charge in [-0.2, -0.15) is 0 Å². The van der Waals surface area contributed by atoms with Gasteiger partial charge in [0.15, 0.2) is 5.78 Å². The molecule has 0 aromatic rings. The molecular formula is C36H64O. The molecule has 0 fully saturated rings. The molecule has 0 atom stereocenters. The van der Waals surface area contributed by atoms with Crippen LogP contribution < -0.4 is 0 Å². The van der Waals surface area contributed by atoms with E-state index in [0.29, 0.717) is 5.78 Å². The number of unbranched alkanes of at least 4 members (excludes halogenated alkanes) is 19. The van der Waals surface area contributed by atoms with E-state index in [1.54, 1.807) is 0 Å². The molecule has 1 nitrogen and oxygen atoms in total. The summed E-state index contributed by atoms with van der Waals surface area (Å²) in [6.45, 7) is 4.53. The highest BCUT2D eigenvalue weighted by Gasteiger charge is 1.97. The van der Waals surface area contributed by atoms with Crippen molar-refractivity contribution < 1.29 is 4.79 Å². The van der Waals surface area contributed by atoms with E-state index in [2.05, 4.69) is 56.4 Å². The van der Waals surface area contributed by atoms with Gasteiger partial charge in [0.2, 0.25) is 0 Å². The molecule has 0 rings (SSSR count). The summed E-state index contributed by atoms with van der Waals surface area (Å²) in [6.07, 6.45) is 49.3. The van der Waals surface area contributed by atoms with E-state index in [1.165, 1.54) is 135 Å². The van der Waals surface area contributed by atoms with Crippen LogP contribution in [0.15, 0.2) is 48.6 Å². The molecule has 0 aliphatic rings. The van der Waals surface area contributed by atoms with Crippen molar-refractivity contribution in [3.63, 3.8) is 0 Å². The third kappa shape index (κ3) is 32.6. The van der Waals surface area contributed by atoms with Crippen LogP contribution in [0.5, 0.6) is 0 Å². The van der Waals surface area contributed by atoms with Crippen LogP contribution in [-0.2, 0) is 4.79 Å². The van der Waals surface area contributed by atoms with Crippen molar-refractivity contribution in [3.05, 3.63) is 48.6 Å². The van der Waals surface area contributed by atoms with Crippen molar-refractivity contribution >= 4 is 5.78 Å². The van der Waals surface area contributed by atoms with E-state index in [1.807, 2.05) is 6.08 Å². The van der Waals surface area contributed by atoms with E-state index < -0.39 is 0 Å². The fourth-order valence-electron chi connectivity index (χ4n) is 4.56.